The van der Waals surface area contributed by atoms with Crippen LogP contribution in [0.15, 0.2) is 24.3 Å². The Balaban J connectivity index is 1.70. The van der Waals surface area contributed by atoms with Crippen LogP contribution in [0.25, 0.3) is 0 Å². The third-order valence-electron chi connectivity index (χ3n) is 4.33. The molecule has 3 heteroatoms. The smallest absolute Gasteiger partial charge is 0.0478 e. The highest BCUT2D eigenvalue weighted by Gasteiger charge is 2.38. The summed E-state index contributed by atoms with van der Waals surface area (Å²) in [4.78, 5) is 2.59. The molecule has 0 radical (unpaired) electrons. The Hall–Kier alpha value is -0.290. The van der Waals surface area contributed by atoms with Crippen molar-refractivity contribution < 1.29 is 0 Å². The first kappa shape index (κ1) is 11.8. The number of hydrogen-bond donors (Lipinski definition) is 1. The van der Waals surface area contributed by atoms with Crippen LogP contribution < -0.4 is 5.32 Å². The van der Waals surface area contributed by atoms with E-state index in [0.717, 1.165) is 12.1 Å². The van der Waals surface area contributed by atoms with Crippen molar-refractivity contribution >= 4 is 28.3 Å². The molecule has 2 atom stereocenters. The summed E-state index contributed by atoms with van der Waals surface area (Å²) < 4.78 is 1.33. The molecule has 0 saturated carbocycles. The van der Waals surface area contributed by atoms with Crippen molar-refractivity contribution in [1.29, 1.82) is 0 Å². The number of para-hydroxylation sites is 1. The molecule has 92 valence electrons. The van der Waals surface area contributed by atoms with E-state index in [1.54, 1.807) is 0 Å². The Bertz CT molecular complexity index is 393. The fourth-order valence-corrected chi connectivity index (χ4v) is 3.87. The van der Waals surface area contributed by atoms with E-state index in [4.69, 9.17) is 0 Å². The minimum absolute atomic E-state index is 0.666. The van der Waals surface area contributed by atoms with Gasteiger partial charge >= 0.3 is 0 Å². The van der Waals surface area contributed by atoms with Crippen LogP contribution in [0.3, 0.4) is 0 Å². The Morgan fingerprint density at radius 3 is 2.47 bits per heavy atom. The molecule has 2 nitrogen and oxygen atoms in total. The van der Waals surface area contributed by atoms with Gasteiger partial charge in [0.25, 0.3) is 0 Å². The van der Waals surface area contributed by atoms with Crippen LogP contribution in [0.1, 0.15) is 25.7 Å². The third kappa shape index (κ3) is 2.32. The standard InChI is InChI=1S/C14H19IN2/c1-17-11-6-7-12(17)9-10(8-11)16-14-5-3-2-4-13(14)15/h2-5,10-12,16H,6-9H2,1H3. The molecular weight excluding hydrogens is 323 g/mol. The molecule has 2 saturated heterocycles. The maximum absolute atomic E-state index is 3.74. The lowest BCUT2D eigenvalue weighted by molar-refractivity contribution is 0.169. The predicted molar refractivity (Wildman–Crippen MR) is 80.4 cm³/mol. The quantitative estimate of drug-likeness (QED) is 0.830. The molecule has 17 heavy (non-hydrogen) atoms. The first-order valence-corrected chi connectivity index (χ1v) is 7.55. The number of nitrogens with one attached hydrogen (secondary N) is 1. The summed E-state index contributed by atoms with van der Waals surface area (Å²) in [6, 6.07) is 10.9. The zero-order valence-corrected chi connectivity index (χ0v) is 12.4. The maximum atomic E-state index is 3.74. The van der Waals surface area contributed by atoms with Crippen LogP contribution in [-0.2, 0) is 0 Å². The summed E-state index contributed by atoms with van der Waals surface area (Å²) in [5.74, 6) is 0. The van der Waals surface area contributed by atoms with Gasteiger partial charge in [-0.25, -0.2) is 0 Å². The average molecular weight is 342 g/mol. The maximum Gasteiger partial charge on any atom is 0.0478 e. The van der Waals surface area contributed by atoms with Crippen LogP contribution in [0.5, 0.6) is 0 Å². The first-order chi connectivity index (χ1) is 8.24. The van der Waals surface area contributed by atoms with Crippen LogP contribution in [0.4, 0.5) is 5.69 Å². The summed E-state index contributed by atoms with van der Waals surface area (Å²) >= 11 is 2.41. The van der Waals surface area contributed by atoms with E-state index in [2.05, 4.69) is 64.1 Å². The number of halogens is 1. The van der Waals surface area contributed by atoms with Crippen molar-refractivity contribution in [2.45, 2.75) is 43.8 Å². The third-order valence-corrected chi connectivity index (χ3v) is 5.27. The molecule has 1 N–H and O–H groups in total. The minimum atomic E-state index is 0.666. The van der Waals surface area contributed by atoms with Crippen molar-refractivity contribution in [2.24, 2.45) is 0 Å². The second-order valence-electron chi connectivity index (χ2n) is 5.34. The van der Waals surface area contributed by atoms with E-state index in [1.807, 2.05) is 0 Å². The van der Waals surface area contributed by atoms with E-state index in [-0.39, 0.29) is 0 Å². The van der Waals surface area contributed by atoms with Gasteiger partial charge in [-0.05, 0) is 67.5 Å². The summed E-state index contributed by atoms with van der Waals surface area (Å²) in [5.41, 5.74) is 1.31. The largest absolute Gasteiger partial charge is 0.381 e. The van der Waals surface area contributed by atoms with Crippen LogP contribution in [0.2, 0.25) is 0 Å². The summed E-state index contributed by atoms with van der Waals surface area (Å²) in [6.45, 7) is 0. The molecule has 2 aliphatic heterocycles. The lowest BCUT2D eigenvalue weighted by Gasteiger charge is -2.37. The van der Waals surface area contributed by atoms with Gasteiger partial charge in [-0.15, -0.1) is 0 Å². The van der Waals surface area contributed by atoms with Gasteiger partial charge in [0.1, 0.15) is 0 Å². The normalized spacial score (nSPS) is 32.7. The summed E-state index contributed by atoms with van der Waals surface area (Å²) in [7, 11) is 2.30. The van der Waals surface area contributed by atoms with Crippen LogP contribution in [-0.4, -0.2) is 30.1 Å². The van der Waals surface area contributed by atoms with E-state index in [0.29, 0.717) is 6.04 Å². The Morgan fingerprint density at radius 2 is 1.82 bits per heavy atom. The van der Waals surface area contributed by atoms with Gasteiger partial charge in [0.15, 0.2) is 0 Å². The van der Waals surface area contributed by atoms with Crippen molar-refractivity contribution in [1.82, 2.24) is 4.90 Å². The highest BCUT2D eigenvalue weighted by Crippen LogP contribution is 2.35. The van der Waals surface area contributed by atoms with Gasteiger partial charge in [-0.2, -0.15) is 0 Å². The van der Waals surface area contributed by atoms with Gasteiger partial charge in [0.2, 0.25) is 0 Å². The Morgan fingerprint density at radius 1 is 1.18 bits per heavy atom. The topological polar surface area (TPSA) is 15.3 Å². The Labute approximate surface area is 117 Å². The minimum Gasteiger partial charge on any atom is -0.381 e. The number of anilines is 1. The van der Waals surface area contributed by atoms with Gasteiger partial charge in [-0.3, -0.25) is 0 Å². The molecule has 2 fully saturated rings. The predicted octanol–water partition coefficient (Wildman–Crippen LogP) is 3.33. The fourth-order valence-electron chi connectivity index (χ4n) is 3.33. The van der Waals surface area contributed by atoms with Gasteiger partial charge in [-0.1, -0.05) is 12.1 Å². The molecular formula is C14H19IN2. The number of rotatable bonds is 2. The second-order valence-corrected chi connectivity index (χ2v) is 6.51. The van der Waals surface area contributed by atoms with E-state index in [1.165, 1.54) is 34.9 Å². The number of benzene rings is 1. The molecule has 2 aliphatic rings. The molecule has 1 aromatic carbocycles. The summed E-state index contributed by atoms with van der Waals surface area (Å²) in [6.07, 6.45) is 5.40. The number of hydrogen-bond acceptors (Lipinski definition) is 2. The molecule has 0 amide bonds. The van der Waals surface area contributed by atoms with Crippen LogP contribution in [0, 0.1) is 3.57 Å². The van der Waals surface area contributed by atoms with Gasteiger partial charge < -0.3 is 10.2 Å². The number of piperidine rings is 1. The van der Waals surface area contributed by atoms with Crippen molar-refractivity contribution in [3.05, 3.63) is 27.8 Å². The van der Waals surface area contributed by atoms with Crippen molar-refractivity contribution in [2.75, 3.05) is 12.4 Å². The summed E-state index contributed by atoms with van der Waals surface area (Å²) in [5, 5.41) is 3.74. The number of fused-ring (bicyclic) bond motifs is 2. The molecule has 3 rings (SSSR count). The molecule has 1 aromatic rings. The van der Waals surface area contributed by atoms with Gasteiger partial charge in [0, 0.05) is 27.4 Å². The van der Waals surface area contributed by atoms with Gasteiger partial charge in [0.05, 0.1) is 0 Å². The monoisotopic (exact) mass is 342 g/mol. The molecule has 0 aromatic heterocycles. The van der Waals surface area contributed by atoms with E-state index in [9.17, 15) is 0 Å². The zero-order chi connectivity index (χ0) is 11.8. The average Bonchev–Trinajstić information content (AvgIpc) is 2.55. The molecule has 0 aliphatic carbocycles. The lowest BCUT2D eigenvalue weighted by atomic mass is 9.98. The highest BCUT2D eigenvalue weighted by molar-refractivity contribution is 14.1. The Kier molecular flexibility index (Phi) is 3.30. The number of nitrogens with zero attached hydrogens (tertiary/aromatic N) is 1. The molecule has 2 bridgehead atoms. The second kappa shape index (κ2) is 4.76. The highest BCUT2D eigenvalue weighted by atomic mass is 127. The molecule has 2 unspecified atom stereocenters. The molecule has 0 spiro atoms. The van der Waals surface area contributed by atoms with E-state index < -0.39 is 0 Å². The first-order valence-electron chi connectivity index (χ1n) is 6.47. The van der Waals surface area contributed by atoms with Crippen LogP contribution >= 0.6 is 22.6 Å². The zero-order valence-electron chi connectivity index (χ0n) is 10.2. The van der Waals surface area contributed by atoms with E-state index >= 15 is 0 Å². The SMILES string of the molecule is CN1C2CCC1CC(Nc1ccccc1I)C2. The van der Waals surface area contributed by atoms with Crippen molar-refractivity contribution in [3.8, 4) is 0 Å². The molecule has 2 heterocycles. The fraction of sp³-hybridized carbons (Fsp3) is 0.571. The van der Waals surface area contributed by atoms with Crippen molar-refractivity contribution in [3.63, 3.8) is 0 Å². The lowest BCUT2D eigenvalue weighted by Crippen LogP contribution is -2.44.